The Morgan fingerprint density at radius 2 is 1.75 bits per heavy atom. The Hall–Kier alpha value is -3.57. The van der Waals surface area contributed by atoms with E-state index in [9.17, 15) is 23.3 Å². The van der Waals surface area contributed by atoms with Gasteiger partial charge < -0.3 is 0 Å². The lowest BCUT2D eigenvalue weighted by Crippen LogP contribution is -2.39. The summed E-state index contributed by atoms with van der Waals surface area (Å²) in [6.45, 7) is -0.633. The van der Waals surface area contributed by atoms with Gasteiger partial charge in [0.05, 0.1) is 21.7 Å². The Balaban J connectivity index is 1.89. The van der Waals surface area contributed by atoms with Gasteiger partial charge in [0, 0.05) is 22.2 Å². The van der Waals surface area contributed by atoms with Crippen molar-refractivity contribution in [3.8, 4) is 0 Å². The van der Waals surface area contributed by atoms with Gasteiger partial charge in [-0.15, -0.1) is 0 Å². The lowest BCUT2D eigenvalue weighted by atomic mass is 10.2. The van der Waals surface area contributed by atoms with Crippen LogP contribution in [0.3, 0.4) is 0 Å². The lowest BCUT2D eigenvalue weighted by molar-refractivity contribution is -0.384. The maximum atomic E-state index is 13.2. The van der Waals surface area contributed by atoms with E-state index >= 15 is 0 Å². The predicted octanol–water partition coefficient (Wildman–Crippen LogP) is 3.70. The number of amides is 1. The van der Waals surface area contributed by atoms with E-state index in [1.54, 1.807) is 36.4 Å². The van der Waals surface area contributed by atoms with Crippen molar-refractivity contribution in [2.24, 2.45) is 5.10 Å². The fourth-order valence-electron chi connectivity index (χ4n) is 2.72. The van der Waals surface area contributed by atoms with Crippen LogP contribution in [0.5, 0.6) is 0 Å². The van der Waals surface area contributed by atoms with Crippen molar-refractivity contribution in [2.45, 2.75) is 4.90 Å². The van der Waals surface area contributed by atoms with Crippen LogP contribution in [-0.4, -0.2) is 32.0 Å². The molecule has 0 atom stereocenters. The minimum atomic E-state index is -4.19. The van der Waals surface area contributed by atoms with Gasteiger partial charge in [-0.1, -0.05) is 58.4 Å². The molecule has 3 aromatic carbocycles. The number of hydrogen-bond acceptors (Lipinski definition) is 6. The molecule has 0 radical (unpaired) electrons. The van der Waals surface area contributed by atoms with Crippen molar-refractivity contribution in [3.63, 3.8) is 0 Å². The van der Waals surface area contributed by atoms with E-state index in [4.69, 9.17) is 0 Å². The Bertz CT molecular complexity index is 1270. The van der Waals surface area contributed by atoms with Crippen LogP contribution in [0.2, 0.25) is 0 Å². The first-order valence-electron chi connectivity index (χ1n) is 9.18. The summed E-state index contributed by atoms with van der Waals surface area (Å²) in [7, 11) is -4.19. The molecule has 0 aromatic heterocycles. The number of sulfonamides is 1. The lowest BCUT2D eigenvalue weighted by Gasteiger charge is -2.23. The quantitative estimate of drug-likeness (QED) is 0.277. The zero-order valence-corrected chi connectivity index (χ0v) is 18.9. The molecule has 0 unspecified atom stereocenters. The van der Waals surface area contributed by atoms with Gasteiger partial charge in [0.25, 0.3) is 21.6 Å². The highest BCUT2D eigenvalue weighted by atomic mass is 79.9. The molecule has 3 rings (SSSR count). The second-order valence-corrected chi connectivity index (χ2v) is 9.13. The zero-order chi connectivity index (χ0) is 23.1. The van der Waals surface area contributed by atoms with Crippen molar-refractivity contribution in [3.05, 3.63) is 99.0 Å². The van der Waals surface area contributed by atoms with Crippen LogP contribution in [-0.2, 0) is 14.8 Å². The van der Waals surface area contributed by atoms with Gasteiger partial charge in [-0.2, -0.15) is 5.10 Å². The van der Waals surface area contributed by atoms with Gasteiger partial charge in [-0.3, -0.25) is 19.2 Å². The summed E-state index contributed by atoms with van der Waals surface area (Å²) >= 11 is 3.36. The third kappa shape index (κ3) is 5.56. The summed E-state index contributed by atoms with van der Waals surface area (Å²) in [6.07, 6.45) is 1.41. The zero-order valence-electron chi connectivity index (χ0n) is 16.5. The number of carbonyl (C=O) groups excluding carboxylic acids is 1. The van der Waals surface area contributed by atoms with Crippen LogP contribution < -0.4 is 9.73 Å². The fraction of sp³-hybridized carbons (Fsp3) is 0.0476. The Morgan fingerprint density at radius 3 is 2.44 bits per heavy atom. The van der Waals surface area contributed by atoms with Crippen LogP contribution in [0.15, 0.2) is 93.3 Å². The molecular formula is C21H17BrN4O5S. The van der Waals surface area contributed by atoms with E-state index in [1.165, 1.54) is 36.5 Å². The van der Waals surface area contributed by atoms with Crippen LogP contribution in [0.4, 0.5) is 11.4 Å². The minimum Gasteiger partial charge on any atom is -0.271 e. The third-order valence-corrected chi connectivity index (χ3v) is 6.76. The summed E-state index contributed by atoms with van der Waals surface area (Å²) in [4.78, 5) is 23.0. The summed E-state index contributed by atoms with van der Waals surface area (Å²) < 4.78 is 28.0. The summed E-state index contributed by atoms with van der Waals surface area (Å²) in [6, 6.07) is 19.8. The van der Waals surface area contributed by atoms with Crippen molar-refractivity contribution < 1.29 is 18.1 Å². The van der Waals surface area contributed by atoms with Crippen molar-refractivity contribution >= 4 is 49.4 Å². The molecule has 0 aliphatic heterocycles. The van der Waals surface area contributed by atoms with Crippen molar-refractivity contribution in [2.75, 3.05) is 10.8 Å². The smallest absolute Gasteiger partial charge is 0.271 e. The van der Waals surface area contributed by atoms with Gasteiger partial charge in [0.15, 0.2) is 0 Å². The third-order valence-electron chi connectivity index (χ3n) is 4.25. The van der Waals surface area contributed by atoms with Crippen molar-refractivity contribution in [1.82, 2.24) is 5.43 Å². The molecule has 164 valence electrons. The van der Waals surface area contributed by atoms with E-state index in [0.717, 1.165) is 14.8 Å². The summed E-state index contributed by atoms with van der Waals surface area (Å²) in [5.41, 5.74) is 2.67. The highest BCUT2D eigenvalue weighted by molar-refractivity contribution is 9.10. The van der Waals surface area contributed by atoms with Crippen LogP contribution in [0, 0.1) is 10.1 Å². The fourth-order valence-corrected chi connectivity index (χ4v) is 4.54. The highest BCUT2D eigenvalue weighted by Crippen LogP contribution is 2.26. The van der Waals surface area contributed by atoms with Crippen LogP contribution in [0.1, 0.15) is 5.56 Å². The number of non-ortho nitro benzene ring substituents is 1. The van der Waals surface area contributed by atoms with Gasteiger partial charge in [-0.05, 0) is 24.3 Å². The Morgan fingerprint density at radius 1 is 1.06 bits per heavy atom. The van der Waals surface area contributed by atoms with E-state index in [2.05, 4.69) is 26.5 Å². The highest BCUT2D eigenvalue weighted by Gasteiger charge is 2.28. The molecule has 3 aromatic rings. The maximum Gasteiger partial charge on any atom is 0.271 e. The van der Waals surface area contributed by atoms with Crippen LogP contribution >= 0.6 is 15.9 Å². The molecule has 0 aliphatic rings. The molecule has 0 fully saturated rings. The predicted molar refractivity (Wildman–Crippen MR) is 124 cm³/mol. The number of hydrazone groups is 1. The molecule has 0 heterocycles. The van der Waals surface area contributed by atoms with E-state index in [-0.39, 0.29) is 16.3 Å². The summed E-state index contributed by atoms with van der Waals surface area (Å²) in [5, 5.41) is 15.0. The molecule has 1 amide bonds. The molecule has 32 heavy (non-hydrogen) atoms. The summed E-state index contributed by atoms with van der Waals surface area (Å²) in [5.74, 6) is -0.723. The topological polar surface area (TPSA) is 122 Å². The maximum absolute atomic E-state index is 13.2. The number of nitro groups is 1. The molecule has 0 bridgehead atoms. The Labute approximate surface area is 192 Å². The number of hydrogen-bond donors (Lipinski definition) is 1. The largest absolute Gasteiger partial charge is 0.271 e. The number of halogens is 1. The minimum absolute atomic E-state index is 0.0204. The molecule has 11 heteroatoms. The molecule has 0 spiro atoms. The molecular weight excluding hydrogens is 500 g/mol. The average molecular weight is 517 g/mol. The monoisotopic (exact) mass is 516 g/mol. The second kappa shape index (κ2) is 10.2. The van der Waals surface area contributed by atoms with Crippen LogP contribution in [0.25, 0.3) is 0 Å². The number of anilines is 1. The normalized spacial score (nSPS) is 11.3. The standard InChI is InChI=1S/C21H17BrN4O5S/c22-20-12-5-4-7-16(20)14-23-24-21(27)15-25(17-8-6-9-18(13-17)26(28)29)32(30,31)19-10-2-1-3-11-19/h1-14H,15H2,(H,24,27)/b23-14-. The number of nitro benzene ring substituents is 1. The average Bonchev–Trinajstić information content (AvgIpc) is 2.79. The second-order valence-electron chi connectivity index (χ2n) is 6.42. The molecule has 0 saturated carbocycles. The van der Waals surface area contributed by atoms with E-state index < -0.39 is 27.4 Å². The van der Waals surface area contributed by atoms with Gasteiger partial charge in [-0.25, -0.2) is 13.8 Å². The first kappa shape index (κ1) is 23.1. The van der Waals surface area contributed by atoms with Gasteiger partial charge >= 0.3 is 0 Å². The number of carbonyl (C=O) groups is 1. The SMILES string of the molecule is O=C(CN(c1cccc([N+](=O)[O-])c1)S(=O)(=O)c1ccccc1)N/N=C\c1ccccc1Br. The number of nitrogens with one attached hydrogen (secondary N) is 1. The van der Waals surface area contributed by atoms with Gasteiger partial charge in [0.2, 0.25) is 0 Å². The van der Waals surface area contributed by atoms with Crippen molar-refractivity contribution in [1.29, 1.82) is 0 Å². The number of nitrogens with zero attached hydrogens (tertiary/aromatic N) is 3. The molecule has 9 nitrogen and oxygen atoms in total. The Kier molecular flexibility index (Phi) is 7.33. The molecule has 0 saturated heterocycles. The first-order valence-corrected chi connectivity index (χ1v) is 11.4. The van der Waals surface area contributed by atoms with Gasteiger partial charge in [0.1, 0.15) is 6.54 Å². The molecule has 0 aliphatic carbocycles. The number of benzene rings is 3. The molecule has 1 N–H and O–H groups in total. The van der Waals surface area contributed by atoms with E-state index in [1.807, 2.05) is 6.07 Å². The van der Waals surface area contributed by atoms with E-state index in [0.29, 0.717) is 5.56 Å². The first-order chi connectivity index (χ1) is 15.3. The number of rotatable bonds is 8.